The average Bonchev–Trinajstić information content (AvgIpc) is 3.49. The second kappa shape index (κ2) is 70.3. The van der Waals surface area contributed by atoms with Gasteiger partial charge in [-0.2, -0.15) is 0 Å². The summed E-state index contributed by atoms with van der Waals surface area (Å²) in [5, 5.41) is 0. The smallest absolute Gasteiger partial charge is 0.310 e. The largest absolute Gasteiger partial charge is 0.462 e. The van der Waals surface area contributed by atoms with Crippen molar-refractivity contribution in [1.29, 1.82) is 0 Å². The predicted molar refractivity (Wildman–Crippen MR) is 362 cm³/mol. The summed E-state index contributed by atoms with van der Waals surface area (Å²) in [5.41, 5.74) is 0. The van der Waals surface area contributed by atoms with Crippen molar-refractivity contribution in [2.75, 3.05) is 13.2 Å². The maximum Gasteiger partial charge on any atom is 0.310 e. The Morgan fingerprint density at radius 1 is 0.253 bits per heavy atom. The van der Waals surface area contributed by atoms with Crippen LogP contribution >= 0.6 is 0 Å². The Kier molecular flexibility index (Phi) is 66.7. The number of allylic oxidation sites excluding steroid dienone is 18. The first-order valence-electron chi connectivity index (χ1n) is 35.0. The first kappa shape index (κ1) is 78.8. The normalized spacial score (nSPS) is 12.9. The molecule has 474 valence electrons. The van der Waals surface area contributed by atoms with Crippen LogP contribution in [0.15, 0.2) is 122 Å². The molecule has 0 saturated heterocycles. The Bertz CT molecular complexity index is 1700. The van der Waals surface area contributed by atoms with Crippen LogP contribution in [0.4, 0.5) is 0 Å². The van der Waals surface area contributed by atoms with Crippen LogP contribution in [-0.2, 0) is 28.6 Å². The lowest BCUT2D eigenvalue weighted by Crippen LogP contribution is -2.30. The van der Waals surface area contributed by atoms with Gasteiger partial charge in [-0.3, -0.25) is 14.4 Å². The molecule has 0 aromatic heterocycles. The lowest BCUT2D eigenvalue weighted by Gasteiger charge is -2.17. The van der Waals surface area contributed by atoms with Crippen LogP contribution in [0.25, 0.3) is 0 Å². The summed E-state index contributed by atoms with van der Waals surface area (Å²) in [6, 6.07) is 0. The van der Waals surface area contributed by atoms with Crippen molar-refractivity contribution in [3.63, 3.8) is 0 Å². The molecule has 0 aromatic carbocycles. The van der Waals surface area contributed by atoms with Crippen molar-refractivity contribution in [3.05, 3.63) is 122 Å². The van der Waals surface area contributed by atoms with E-state index in [9.17, 15) is 14.4 Å². The number of carbonyl (C=O) groups excluding carboxylic acids is 3. The third-order valence-corrected chi connectivity index (χ3v) is 15.0. The molecule has 0 rings (SSSR count). The first-order valence-corrected chi connectivity index (χ1v) is 35.0. The van der Waals surface area contributed by atoms with Crippen LogP contribution in [0.5, 0.6) is 0 Å². The number of hydrogen-bond donors (Lipinski definition) is 0. The molecule has 0 amide bonds. The fraction of sp³-hybridized carbons (Fsp3) is 0.701. The third kappa shape index (κ3) is 68.5. The van der Waals surface area contributed by atoms with Gasteiger partial charge in [-0.05, 0) is 70.6 Å². The van der Waals surface area contributed by atoms with Gasteiger partial charge in [0.2, 0.25) is 0 Å². The van der Waals surface area contributed by atoms with Crippen molar-refractivity contribution in [2.45, 2.75) is 335 Å². The van der Waals surface area contributed by atoms with Crippen LogP contribution in [0, 0.1) is 0 Å². The highest BCUT2D eigenvalue weighted by Gasteiger charge is 2.19. The van der Waals surface area contributed by atoms with Crippen LogP contribution < -0.4 is 0 Å². The molecule has 1 unspecified atom stereocenters. The van der Waals surface area contributed by atoms with Gasteiger partial charge in [-0.15, -0.1) is 0 Å². The van der Waals surface area contributed by atoms with Crippen molar-refractivity contribution in [2.24, 2.45) is 0 Å². The molecule has 0 aliphatic carbocycles. The molecular weight excluding hydrogens is 1020 g/mol. The molecule has 6 nitrogen and oxygen atoms in total. The van der Waals surface area contributed by atoms with Crippen molar-refractivity contribution in [1.82, 2.24) is 0 Å². The highest BCUT2D eigenvalue weighted by molar-refractivity contribution is 5.72. The van der Waals surface area contributed by atoms with E-state index in [2.05, 4.69) is 118 Å². The van der Waals surface area contributed by atoms with Gasteiger partial charge in [0.15, 0.2) is 6.10 Å². The molecule has 0 saturated carbocycles. The molecule has 0 aromatic rings. The number of rotatable bonds is 63. The maximum absolute atomic E-state index is 12.8. The topological polar surface area (TPSA) is 78.9 Å². The molecule has 1 atom stereocenters. The zero-order chi connectivity index (χ0) is 59.9. The monoisotopic (exact) mass is 1150 g/mol. The van der Waals surface area contributed by atoms with E-state index in [1.54, 1.807) is 12.2 Å². The SMILES string of the molecule is CC/C=C\C/C=C\C/C=C\C/C=C\C/C=C\CC(=O)OCC(COC(=O)CCCCCCCCCCCCCCCCCCCCCCCCCCCCCCCCCCCCC)OC(=O)C/C=C\C/C=C\C/C=C\C/C=C\C/C=C\CC. The molecule has 6 heteroatoms. The van der Waals surface area contributed by atoms with E-state index >= 15 is 0 Å². The molecule has 0 radical (unpaired) electrons. The first-order chi connectivity index (χ1) is 41.0. The Morgan fingerprint density at radius 2 is 0.470 bits per heavy atom. The number of unbranched alkanes of at least 4 members (excludes halogenated alkanes) is 34. The molecule has 83 heavy (non-hydrogen) atoms. The van der Waals surface area contributed by atoms with E-state index in [1.807, 2.05) is 12.2 Å². The van der Waals surface area contributed by atoms with Crippen LogP contribution in [-0.4, -0.2) is 37.2 Å². The molecule has 0 aliphatic heterocycles. The van der Waals surface area contributed by atoms with Gasteiger partial charge in [0, 0.05) is 6.42 Å². The second-order valence-electron chi connectivity index (χ2n) is 23.1. The average molecular weight is 1150 g/mol. The summed E-state index contributed by atoms with van der Waals surface area (Å²) in [6.07, 6.45) is 98.9. The second-order valence-corrected chi connectivity index (χ2v) is 23.1. The Balaban J connectivity index is 4.20. The van der Waals surface area contributed by atoms with Crippen molar-refractivity contribution < 1.29 is 28.6 Å². The maximum atomic E-state index is 12.8. The van der Waals surface area contributed by atoms with Gasteiger partial charge < -0.3 is 14.2 Å². The number of ether oxygens (including phenoxy) is 3. The Hall–Kier alpha value is -4.19. The fourth-order valence-electron chi connectivity index (χ4n) is 9.89. The van der Waals surface area contributed by atoms with E-state index in [1.165, 1.54) is 205 Å². The third-order valence-electron chi connectivity index (χ3n) is 15.0. The summed E-state index contributed by atoms with van der Waals surface area (Å²) in [4.78, 5) is 38.2. The summed E-state index contributed by atoms with van der Waals surface area (Å²) in [7, 11) is 0. The number of hydrogen-bond acceptors (Lipinski definition) is 6. The highest BCUT2D eigenvalue weighted by Crippen LogP contribution is 2.18. The van der Waals surface area contributed by atoms with Crippen molar-refractivity contribution >= 4 is 17.9 Å². The Morgan fingerprint density at radius 3 is 0.735 bits per heavy atom. The lowest BCUT2D eigenvalue weighted by molar-refractivity contribution is -0.166. The zero-order valence-corrected chi connectivity index (χ0v) is 54.4. The number of esters is 3. The minimum atomic E-state index is -0.876. The van der Waals surface area contributed by atoms with Gasteiger partial charge in [0.25, 0.3) is 0 Å². The van der Waals surface area contributed by atoms with Crippen LogP contribution in [0.1, 0.15) is 329 Å². The quantitative estimate of drug-likeness (QED) is 0.0261. The van der Waals surface area contributed by atoms with E-state index < -0.39 is 18.0 Å². The molecule has 0 bridgehead atoms. The van der Waals surface area contributed by atoms with Crippen molar-refractivity contribution in [3.8, 4) is 0 Å². The molecule has 0 heterocycles. The summed E-state index contributed by atoms with van der Waals surface area (Å²) < 4.78 is 16.7. The van der Waals surface area contributed by atoms with Gasteiger partial charge in [-0.25, -0.2) is 0 Å². The summed E-state index contributed by atoms with van der Waals surface area (Å²) in [6.45, 7) is 6.27. The van der Waals surface area contributed by atoms with E-state index in [4.69, 9.17) is 14.2 Å². The predicted octanol–water partition coefficient (Wildman–Crippen LogP) is 24.3. The molecule has 0 fully saturated rings. The lowest BCUT2D eigenvalue weighted by atomic mass is 10.0. The molecule has 0 N–H and O–H groups in total. The zero-order valence-electron chi connectivity index (χ0n) is 54.4. The van der Waals surface area contributed by atoms with Crippen LogP contribution in [0.2, 0.25) is 0 Å². The summed E-state index contributed by atoms with van der Waals surface area (Å²) >= 11 is 0. The minimum absolute atomic E-state index is 0.0751. The van der Waals surface area contributed by atoms with Crippen LogP contribution in [0.3, 0.4) is 0 Å². The Labute approximate surface area is 513 Å². The molecule has 0 aliphatic rings. The molecule has 0 spiro atoms. The van der Waals surface area contributed by atoms with E-state index in [-0.39, 0.29) is 32.0 Å². The van der Waals surface area contributed by atoms with Gasteiger partial charge in [-0.1, -0.05) is 361 Å². The van der Waals surface area contributed by atoms with Gasteiger partial charge in [0.1, 0.15) is 13.2 Å². The standard InChI is InChI=1S/C77H130O6/c1-4-7-10-13-16-19-22-25-28-29-30-31-32-33-34-35-36-37-38-39-40-41-42-43-44-45-46-47-50-52-55-58-61-64-67-70-76(79)82-73-74(83-77(80)71-68-65-62-59-56-53-49-27-24-21-18-15-12-9-6-3)72-81-75(78)69-66-63-60-57-54-51-48-26-23-20-17-14-11-8-5-2/h8-9,11-12,17-18,20-21,26-27,48-49,54,56-57,59,63,65-66,68,74H,4-7,10,13-16,19,22-25,28-47,50-53,55,58,60-62,64,67,69-73H2,1-3H3/b11-8-,12-9-,20-17-,21-18-,48-26-,49-27-,57-54-,59-56-,66-63-,68-65-. The van der Waals surface area contributed by atoms with E-state index in [0.717, 1.165) is 77.0 Å². The van der Waals surface area contributed by atoms with Gasteiger partial charge >= 0.3 is 17.9 Å². The van der Waals surface area contributed by atoms with Gasteiger partial charge in [0.05, 0.1) is 12.8 Å². The minimum Gasteiger partial charge on any atom is -0.462 e. The number of carbonyl (C=O) groups is 3. The molecular formula is C77H130O6. The highest BCUT2D eigenvalue weighted by atomic mass is 16.6. The fourth-order valence-corrected chi connectivity index (χ4v) is 9.89. The van der Waals surface area contributed by atoms with E-state index in [0.29, 0.717) is 12.8 Å². The summed E-state index contributed by atoms with van der Waals surface area (Å²) in [5.74, 6) is -1.21.